The van der Waals surface area contributed by atoms with Gasteiger partial charge in [0.25, 0.3) is 5.91 Å². The molecule has 0 radical (unpaired) electrons. The highest BCUT2D eigenvalue weighted by atomic mass is 19.1. The molecule has 1 heterocycles. The van der Waals surface area contributed by atoms with E-state index in [1.165, 1.54) is 24.3 Å². The summed E-state index contributed by atoms with van der Waals surface area (Å²) in [6, 6.07) is 8.56. The molecule has 0 aromatic heterocycles. The minimum atomic E-state index is -0.678. The predicted octanol–water partition coefficient (Wildman–Crippen LogP) is 3.96. The number of ether oxygens (including phenoxy) is 2. The van der Waals surface area contributed by atoms with Gasteiger partial charge in [-0.05, 0) is 73.7 Å². The van der Waals surface area contributed by atoms with Crippen molar-refractivity contribution in [3.63, 3.8) is 0 Å². The van der Waals surface area contributed by atoms with E-state index in [1.54, 1.807) is 4.90 Å². The van der Waals surface area contributed by atoms with E-state index in [2.05, 4.69) is 5.32 Å². The first kappa shape index (κ1) is 23.6. The first-order valence-corrected chi connectivity index (χ1v) is 11.1. The fraction of sp³-hybridized carbons (Fsp3) is 0.440. The molecule has 32 heavy (non-hydrogen) atoms. The number of carbonyl (C=O) groups is 2. The normalized spacial score (nSPS) is 14.0. The van der Waals surface area contributed by atoms with Gasteiger partial charge in [0.2, 0.25) is 5.91 Å². The van der Waals surface area contributed by atoms with Gasteiger partial charge in [-0.3, -0.25) is 9.59 Å². The SMILES string of the molecule is CCOc1cc2c(cc1OCC)CN(C(=O)[C@@H](NC(=O)c1ccc(F)cc1)C(C)C)CC2. The smallest absolute Gasteiger partial charge is 0.251 e. The molecule has 0 saturated heterocycles. The number of halogens is 1. The highest BCUT2D eigenvalue weighted by Crippen LogP contribution is 2.34. The van der Waals surface area contributed by atoms with Crippen LogP contribution in [0.1, 0.15) is 49.2 Å². The van der Waals surface area contributed by atoms with Crippen molar-refractivity contribution in [2.45, 2.75) is 46.7 Å². The van der Waals surface area contributed by atoms with Crippen molar-refractivity contribution in [2.75, 3.05) is 19.8 Å². The summed E-state index contributed by atoms with van der Waals surface area (Å²) in [6.45, 7) is 9.71. The molecular formula is C25H31FN2O4. The van der Waals surface area contributed by atoms with Crippen molar-refractivity contribution >= 4 is 11.8 Å². The second-order valence-electron chi connectivity index (χ2n) is 8.15. The summed E-state index contributed by atoms with van der Waals surface area (Å²) in [5.74, 6) is 0.353. The molecule has 0 bridgehead atoms. The first-order valence-electron chi connectivity index (χ1n) is 11.1. The van der Waals surface area contributed by atoms with Gasteiger partial charge in [0, 0.05) is 18.7 Å². The molecule has 3 rings (SSSR count). The third kappa shape index (κ3) is 5.39. The van der Waals surface area contributed by atoms with E-state index in [0.717, 1.165) is 16.9 Å². The Balaban J connectivity index is 1.77. The molecule has 2 amide bonds. The molecule has 0 spiro atoms. The summed E-state index contributed by atoms with van der Waals surface area (Å²) in [6.07, 6.45) is 0.699. The van der Waals surface area contributed by atoms with Crippen molar-refractivity contribution in [1.29, 1.82) is 0 Å². The number of benzene rings is 2. The van der Waals surface area contributed by atoms with Crippen LogP contribution in [0.5, 0.6) is 11.5 Å². The number of nitrogens with zero attached hydrogens (tertiary/aromatic N) is 1. The molecule has 2 aromatic carbocycles. The summed E-state index contributed by atoms with van der Waals surface area (Å²) >= 11 is 0. The summed E-state index contributed by atoms with van der Waals surface area (Å²) in [5, 5.41) is 2.83. The number of carbonyl (C=O) groups excluding carboxylic acids is 2. The Bertz CT molecular complexity index is 959. The molecule has 0 fully saturated rings. The van der Waals surface area contributed by atoms with Crippen molar-refractivity contribution in [3.8, 4) is 11.5 Å². The number of nitrogens with one attached hydrogen (secondary N) is 1. The van der Waals surface area contributed by atoms with Crippen molar-refractivity contribution in [3.05, 3.63) is 58.9 Å². The van der Waals surface area contributed by atoms with E-state index in [4.69, 9.17) is 9.47 Å². The molecule has 1 N–H and O–H groups in total. The van der Waals surface area contributed by atoms with E-state index >= 15 is 0 Å². The molecule has 1 aliphatic rings. The minimum absolute atomic E-state index is 0.104. The third-order valence-electron chi connectivity index (χ3n) is 5.52. The number of rotatable bonds is 8. The van der Waals surface area contributed by atoms with E-state index in [0.29, 0.717) is 44.0 Å². The topological polar surface area (TPSA) is 67.9 Å². The Kier molecular flexibility index (Phi) is 7.72. The molecule has 0 unspecified atom stereocenters. The van der Waals surface area contributed by atoms with Crippen LogP contribution in [0.2, 0.25) is 0 Å². The summed E-state index contributed by atoms with van der Waals surface area (Å²) in [4.78, 5) is 27.8. The van der Waals surface area contributed by atoms with E-state index < -0.39 is 17.8 Å². The predicted molar refractivity (Wildman–Crippen MR) is 120 cm³/mol. The van der Waals surface area contributed by atoms with Crippen LogP contribution < -0.4 is 14.8 Å². The van der Waals surface area contributed by atoms with Gasteiger partial charge >= 0.3 is 0 Å². The number of amides is 2. The van der Waals surface area contributed by atoms with Crippen LogP contribution in [0.3, 0.4) is 0 Å². The highest BCUT2D eigenvalue weighted by molar-refractivity contribution is 5.97. The molecule has 6 nitrogen and oxygen atoms in total. The van der Waals surface area contributed by atoms with Crippen LogP contribution in [-0.2, 0) is 17.8 Å². The zero-order valence-corrected chi connectivity index (χ0v) is 19.1. The zero-order chi connectivity index (χ0) is 23.3. The van der Waals surface area contributed by atoms with Gasteiger partial charge in [0.15, 0.2) is 11.5 Å². The van der Waals surface area contributed by atoms with Gasteiger partial charge in [0.05, 0.1) is 13.2 Å². The van der Waals surface area contributed by atoms with Crippen LogP contribution in [-0.4, -0.2) is 42.5 Å². The van der Waals surface area contributed by atoms with Gasteiger partial charge in [-0.2, -0.15) is 0 Å². The highest BCUT2D eigenvalue weighted by Gasteiger charge is 2.31. The second kappa shape index (κ2) is 10.5. The van der Waals surface area contributed by atoms with Gasteiger partial charge < -0.3 is 19.7 Å². The van der Waals surface area contributed by atoms with Gasteiger partial charge in [0.1, 0.15) is 11.9 Å². The first-order chi connectivity index (χ1) is 15.3. The maximum Gasteiger partial charge on any atom is 0.251 e. The largest absolute Gasteiger partial charge is 0.490 e. The summed E-state index contributed by atoms with van der Waals surface area (Å²) in [7, 11) is 0. The van der Waals surface area contributed by atoms with Crippen molar-refractivity contribution < 1.29 is 23.5 Å². The fourth-order valence-corrected chi connectivity index (χ4v) is 3.82. The molecule has 2 aromatic rings. The molecule has 172 valence electrons. The lowest BCUT2D eigenvalue weighted by atomic mass is 9.96. The average Bonchev–Trinajstić information content (AvgIpc) is 2.77. The number of hydrogen-bond donors (Lipinski definition) is 1. The molecule has 1 atom stereocenters. The summed E-state index contributed by atoms with van der Waals surface area (Å²) < 4.78 is 24.6. The lowest BCUT2D eigenvalue weighted by molar-refractivity contribution is -0.135. The van der Waals surface area contributed by atoms with Crippen molar-refractivity contribution in [1.82, 2.24) is 10.2 Å². The molecule has 0 aliphatic carbocycles. The Morgan fingerprint density at radius 3 is 2.19 bits per heavy atom. The Morgan fingerprint density at radius 1 is 1.03 bits per heavy atom. The zero-order valence-electron chi connectivity index (χ0n) is 19.1. The monoisotopic (exact) mass is 442 g/mol. The third-order valence-corrected chi connectivity index (χ3v) is 5.52. The Hall–Kier alpha value is -3.09. The van der Waals surface area contributed by atoms with E-state index in [9.17, 15) is 14.0 Å². The van der Waals surface area contributed by atoms with Crippen molar-refractivity contribution in [2.24, 2.45) is 5.92 Å². The van der Waals surface area contributed by atoms with Crippen LogP contribution in [0, 0.1) is 11.7 Å². The van der Waals surface area contributed by atoms with Gasteiger partial charge in [-0.25, -0.2) is 4.39 Å². The van der Waals surface area contributed by atoms with Gasteiger partial charge in [-0.15, -0.1) is 0 Å². The average molecular weight is 443 g/mol. The second-order valence-corrected chi connectivity index (χ2v) is 8.15. The Morgan fingerprint density at radius 2 is 1.62 bits per heavy atom. The lowest BCUT2D eigenvalue weighted by Gasteiger charge is -2.34. The van der Waals surface area contributed by atoms with Crippen LogP contribution in [0.25, 0.3) is 0 Å². The molecule has 0 saturated carbocycles. The van der Waals surface area contributed by atoms with Crippen LogP contribution in [0.4, 0.5) is 4.39 Å². The van der Waals surface area contributed by atoms with Crippen LogP contribution in [0.15, 0.2) is 36.4 Å². The van der Waals surface area contributed by atoms with E-state index in [-0.39, 0.29) is 11.8 Å². The maximum atomic E-state index is 13.3. The molecule has 7 heteroatoms. The van der Waals surface area contributed by atoms with E-state index in [1.807, 2.05) is 39.8 Å². The quantitative estimate of drug-likeness (QED) is 0.672. The fourth-order valence-electron chi connectivity index (χ4n) is 3.82. The molecule has 1 aliphatic heterocycles. The van der Waals surface area contributed by atoms with Crippen LogP contribution >= 0.6 is 0 Å². The molecular weight excluding hydrogens is 411 g/mol. The summed E-state index contributed by atoms with van der Waals surface area (Å²) in [5.41, 5.74) is 2.47. The Labute approximate surface area is 188 Å². The van der Waals surface area contributed by atoms with Gasteiger partial charge in [-0.1, -0.05) is 13.8 Å². The number of fused-ring (bicyclic) bond motifs is 1. The minimum Gasteiger partial charge on any atom is -0.490 e. The number of hydrogen-bond acceptors (Lipinski definition) is 4. The maximum absolute atomic E-state index is 13.3. The standard InChI is InChI=1S/C25H31FN2O4/c1-5-31-21-13-18-11-12-28(15-19(18)14-22(21)32-6-2)25(30)23(16(3)4)27-24(29)17-7-9-20(26)10-8-17/h7-10,13-14,16,23H,5-6,11-12,15H2,1-4H3,(H,27,29)/t23-/m0/s1. The lowest BCUT2D eigenvalue weighted by Crippen LogP contribution is -2.52.